The molecule has 1 amide bonds. The number of pyridine rings is 1. The van der Waals surface area contributed by atoms with Gasteiger partial charge in [-0.05, 0) is 43.0 Å². The number of benzene rings is 1. The SMILES string of the molecule is CC1CCN(c2nc3c(c(Oc4ccccc4)n2)CN(C(=O)c2cccnc2Cl)CC3)CC1. The highest BCUT2D eigenvalue weighted by atomic mass is 35.5. The van der Waals surface area contributed by atoms with Crippen LogP contribution < -0.4 is 9.64 Å². The van der Waals surface area contributed by atoms with E-state index in [2.05, 4.69) is 16.8 Å². The lowest BCUT2D eigenvalue weighted by atomic mass is 9.99. The summed E-state index contributed by atoms with van der Waals surface area (Å²) in [5, 5.41) is 0.208. The molecular weight excluding hydrogens is 438 g/mol. The number of ether oxygens (including phenoxy) is 1. The van der Waals surface area contributed by atoms with E-state index in [0.717, 1.165) is 43.1 Å². The van der Waals surface area contributed by atoms with Gasteiger partial charge in [0.25, 0.3) is 5.91 Å². The molecular formula is C25H26ClN5O2. The number of piperidine rings is 1. The van der Waals surface area contributed by atoms with E-state index < -0.39 is 0 Å². The summed E-state index contributed by atoms with van der Waals surface area (Å²) in [5.41, 5.74) is 2.17. The number of anilines is 1. The van der Waals surface area contributed by atoms with Crippen molar-refractivity contribution in [2.24, 2.45) is 5.92 Å². The second-order valence-corrected chi connectivity index (χ2v) is 9.02. The molecule has 4 heterocycles. The van der Waals surface area contributed by atoms with Gasteiger partial charge in [-0.15, -0.1) is 0 Å². The molecule has 5 rings (SSSR count). The molecule has 0 spiro atoms. The van der Waals surface area contributed by atoms with Gasteiger partial charge in [-0.2, -0.15) is 4.98 Å². The van der Waals surface area contributed by atoms with Crippen LogP contribution in [0.15, 0.2) is 48.7 Å². The summed E-state index contributed by atoms with van der Waals surface area (Å²) in [7, 11) is 0. The average Bonchev–Trinajstić information content (AvgIpc) is 2.85. The Labute approximate surface area is 198 Å². The van der Waals surface area contributed by atoms with Crippen molar-refractivity contribution in [3.05, 3.63) is 70.6 Å². The maximum atomic E-state index is 13.2. The Bertz CT molecular complexity index is 1150. The number of para-hydroxylation sites is 1. The Morgan fingerprint density at radius 2 is 1.85 bits per heavy atom. The van der Waals surface area contributed by atoms with Crippen molar-refractivity contribution in [2.75, 3.05) is 24.5 Å². The summed E-state index contributed by atoms with van der Waals surface area (Å²) in [6, 6.07) is 13.0. The van der Waals surface area contributed by atoms with Crippen LogP contribution in [0.25, 0.3) is 0 Å². The third-order valence-corrected chi connectivity index (χ3v) is 6.61. The van der Waals surface area contributed by atoms with Crippen molar-refractivity contribution in [1.29, 1.82) is 0 Å². The summed E-state index contributed by atoms with van der Waals surface area (Å²) in [6.07, 6.45) is 4.46. The molecule has 170 valence electrons. The Morgan fingerprint density at radius 1 is 1.06 bits per heavy atom. The second-order valence-electron chi connectivity index (χ2n) is 8.66. The zero-order chi connectivity index (χ0) is 22.8. The first kappa shape index (κ1) is 21.6. The van der Waals surface area contributed by atoms with Crippen molar-refractivity contribution in [3.8, 4) is 11.6 Å². The van der Waals surface area contributed by atoms with Gasteiger partial charge in [0, 0.05) is 32.3 Å². The smallest absolute Gasteiger partial charge is 0.257 e. The molecule has 0 radical (unpaired) electrons. The van der Waals surface area contributed by atoms with E-state index >= 15 is 0 Å². The molecule has 8 heteroatoms. The number of carbonyl (C=O) groups excluding carboxylic acids is 1. The molecule has 1 aromatic carbocycles. The zero-order valence-corrected chi connectivity index (χ0v) is 19.3. The third kappa shape index (κ3) is 4.64. The summed E-state index contributed by atoms with van der Waals surface area (Å²) in [4.78, 5) is 30.9. The van der Waals surface area contributed by atoms with Crippen LogP contribution in [0.1, 0.15) is 41.4 Å². The van der Waals surface area contributed by atoms with Crippen LogP contribution in [-0.2, 0) is 13.0 Å². The number of rotatable bonds is 4. The summed E-state index contributed by atoms with van der Waals surface area (Å²) < 4.78 is 6.23. The highest BCUT2D eigenvalue weighted by molar-refractivity contribution is 6.32. The van der Waals surface area contributed by atoms with Gasteiger partial charge in [0.2, 0.25) is 11.8 Å². The molecule has 7 nitrogen and oxygen atoms in total. The summed E-state index contributed by atoms with van der Waals surface area (Å²) in [6.45, 7) is 5.08. The van der Waals surface area contributed by atoms with Gasteiger partial charge in [0.05, 0.1) is 23.4 Å². The first-order valence-corrected chi connectivity index (χ1v) is 11.7. The topological polar surface area (TPSA) is 71.5 Å². The molecule has 0 aliphatic carbocycles. The molecule has 0 unspecified atom stereocenters. The predicted molar refractivity (Wildman–Crippen MR) is 127 cm³/mol. The number of amides is 1. The van der Waals surface area contributed by atoms with Crippen molar-refractivity contribution < 1.29 is 9.53 Å². The zero-order valence-electron chi connectivity index (χ0n) is 18.6. The molecule has 0 bridgehead atoms. The van der Waals surface area contributed by atoms with E-state index in [1.54, 1.807) is 23.2 Å². The number of fused-ring (bicyclic) bond motifs is 1. The van der Waals surface area contributed by atoms with Crippen LogP contribution in [0.2, 0.25) is 5.15 Å². The van der Waals surface area contributed by atoms with E-state index in [1.807, 2.05) is 30.3 Å². The lowest BCUT2D eigenvalue weighted by Crippen LogP contribution is -2.38. The standard InChI is InChI=1S/C25H26ClN5O2/c1-17-9-13-30(14-10-17)25-28-21-11-15-31(24(32)19-8-5-12-27-22(19)26)16-20(21)23(29-25)33-18-6-3-2-4-7-18/h2-8,12,17H,9-11,13-16H2,1H3. The van der Waals surface area contributed by atoms with E-state index in [-0.39, 0.29) is 11.1 Å². The second kappa shape index (κ2) is 9.35. The number of hydrogen-bond donors (Lipinski definition) is 0. The van der Waals surface area contributed by atoms with Crippen LogP contribution in [-0.4, -0.2) is 45.4 Å². The molecule has 0 saturated carbocycles. The first-order valence-electron chi connectivity index (χ1n) is 11.4. The number of hydrogen-bond acceptors (Lipinski definition) is 6. The monoisotopic (exact) mass is 463 g/mol. The van der Waals surface area contributed by atoms with Gasteiger partial charge < -0.3 is 14.5 Å². The van der Waals surface area contributed by atoms with Gasteiger partial charge in [0.15, 0.2) is 0 Å². The third-order valence-electron chi connectivity index (χ3n) is 6.31. The molecule has 2 aliphatic rings. The number of nitrogens with zero attached hydrogens (tertiary/aromatic N) is 5. The highest BCUT2D eigenvalue weighted by Crippen LogP contribution is 2.33. The molecule has 0 atom stereocenters. The highest BCUT2D eigenvalue weighted by Gasteiger charge is 2.29. The lowest BCUT2D eigenvalue weighted by molar-refractivity contribution is 0.0731. The molecule has 0 N–H and O–H groups in total. The predicted octanol–water partition coefficient (Wildman–Crippen LogP) is 4.75. The Kier molecular flexibility index (Phi) is 6.13. The lowest BCUT2D eigenvalue weighted by Gasteiger charge is -2.33. The molecule has 1 saturated heterocycles. The summed E-state index contributed by atoms with van der Waals surface area (Å²) in [5.74, 6) is 2.49. The van der Waals surface area contributed by atoms with Crippen LogP contribution in [0.3, 0.4) is 0 Å². The minimum absolute atomic E-state index is 0.154. The van der Waals surface area contributed by atoms with Gasteiger partial charge in [0.1, 0.15) is 10.9 Å². The van der Waals surface area contributed by atoms with E-state index in [1.165, 1.54) is 0 Å². The number of carbonyl (C=O) groups is 1. The number of halogens is 1. The fraction of sp³-hybridized carbons (Fsp3) is 0.360. The maximum absolute atomic E-state index is 13.2. The normalized spacial score (nSPS) is 16.4. The van der Waals surface area contributed by atoms with E-state index in [4.69, 9.17) is 26.3 Å². The minimum Gasteiger partial charge on any atom is -0.438 e. The average molecular weight is 464 g/mol. The van der Waals surface area contributed by atoms with Gasteiger partial charge >= 0.3 is 0 Å². The molecule has 2 aromatic heterocycles. The molecule has 33 heavy (non-hydrogen) atoms. The Balaban J connectivity index is 1.48. The van der Waals surface area contributed by atoms with Crippen molar-refractivity contribution in [2.45, 2.75) is 32.7 Å². The number of aromatic nitrogens is 3. The van der Waals surface area contributed by atoms with E-state index in [9.17, 15) is 4.79 Å². The molecule has 1 fully saturated rings. The first-order chi connectivity index (χ1) is 16.1. The fourth-order valence-electron chi connectivity index (χ4n) is 4.30. The van der Waals surface area contributed by atoms with Crippen LogP contribution in [0.5, 0.6) is 11.6 Å². The minimum atomic E-state index is -0.154. The van der Waals surface area contributed by atoms with Gasteiger partial charge in [-0.1, -0.05) is 36.7 Å². The maximum Gasteiger partial charge on any atom is 0.257 e. The van der Waals surface area contributed by atoms with Crippen molar-refractivity contribution in [1.82, 2.24) is 19.9 Å². The largest absolute Gasteiger partial charge is 0.438 e. The fourth-order valence-corrected chi connectivity index (χ4v) is 4.50. The van der Waals surface area contributed by atoms with Crippen LogP contribution >= 0.6 is 11.6 Å². The van der Waals surface area contributed by atoms with Gasteiger partial charge in [-0.25, -0.2) is 9.97 Å². The van der Waals surface area contributed by atoms with Crippen molar-refractivity contribution in [3.63, 3.8) is 0 Å². The van der Waals surface area contributed by atoms with Crippen LogP contribution in [0, 0.1) is 5.92 Å². The molecule has 3 aromatic rings. The Morgan fingerprint density at radius 3 is 2.61 bits per heavy atom. The molecule has 2 aliphatic heterocycles. The summed E-state index contributed by atoms with van der Waals surface area (Å²) >= 11 is 6.18. The quantitative estimate of drug-likeness (QED) is 0.520. The van der Waals surface area contributed by atoms with Crippen molar-refractivity contribution >= 4 is 23.5 Å². The van der Waals surface area contributed by atoms with Gasteiger partial charge in [-0.3, -0.25) is 4.79 Å². The van der Waals surface area contributed by atoms with E-state index in [0.29, 0.717) is 42.7 Å². The van der Waals surface area contributed by atoms with Crippen LogP contribution in [0.4, 0.5) is 5.95 Å². The Hall–Kier alpha value is -3.19.